The van der Waals surface area contributed by atoms with Crippen LogP contribution >= 0.6 is 34.5 Å². The van der Waals surface area contributed by atoms with Crippen LogP contribution in [0, 0.1) is 0 Å². The number of nitrogens with one attached hydrogen (secondary N) is 1. The predicted molar refractivity (Wildman–Crippen MR) is 142 cm³/mol. The van der Waals surface area contributed by atoms with Crippen LogP contribution in [-0.2, 0) is 9.59 Å². The Hall–Kier alpha value is -3.46. The molecule has 0 unspecified atom stereocenters. The Kier molecular flexibility index (Phi) is 6.66. The number of aliphatic carboxylic acids is 1. The maximum absolute atomic E-state index is 13.4. The van der Waals surface area contributed by atoms with Gasteiger partial charge in [0.2, 0.25) is 5.91 Å². The Balaban J connectivity index is 1.66. The zero-order chi connectivity index (χ0) is 25.4. The van der Waals surface area contributed by atoms with E-state index in [1.807, 2.05) is 23.6 Å². The Morgan fingerprint density at radius 3 is 2.33 bits per heavy atom. The van der Waals surface area contributed by atoms with Gasteiger partial charge in [-0.1, -0.05) is 47.5 Å². The first-order valence-electron chi connectivity index (χ1n) is 11.1. The molecule has 1 aliphatic rings. The van der Waals surface area contributed by atoms with Gasteiger partial charge in [-0.2, -0.15) is 5.10 Å². The second-order valence-corrected chi connectivity index (χ2v) is 10.1. The predicted octanol–water partition coefficient (Wildman–Crippen LogP) is 6.11. The van der Waals surface area contributed by atoms with E-state index < -0.39 is 17.9 Å². The number of carboxylic acids is 1. The molecule has 2 N–H and O–H groups in total. The van der Waals surface area contributed by atoms with Crippen molar-refractivity contribution in [3.05, 3.63) is 91.5 Å². The van der Waals surface area contributed by atoms with Gasteiger partial charge in [-0.3, -0.25) is 14.4 Å². The molecule has 0 spiro atoms. The molecule has 2 aromatic carbocycles. The van der Waals surface area contributed by atoms with Crippen LogP contribution in [0.25, 0.3) is 21.3 Å². The number of benzene rings is 2. The van der Waals surface area contributed by atoms with Crippen LogP contribution in [0.5, 0.6) is 0 Å². The number of hydrogen-bond acceptors (Lipinski definition) is 5. The summed E-state index contributed by atoms with van der Waals surface area (Å²) in [6, 6.07) is 15.7. The van der Waals surface area contributed by atoms with E-state index in [9.17, 15) is 14.4 Å². The number of hydrazone groups is 1. The molecule has 10 heteroatoms. The molecule has 5 rings (SSSR count). The number of pyridine rings is 1. The van der Waals surface area contributed by atoms with Crippen molar-refractivity contribution in [1.82, 2.24) is 9.99 Å². The molecule has 0 bridgehead atoms. The van der Waals surface area contributed by atoms with Gasteiger partial charge in [-0.15, -0.1) is 11.3 Å². The van der Waals surface area contributed by atoms with Crippen LogP contribution in [0.4, 0.5) is 0 Å². The van der Waals surface area contributed by atoms with Crippen LogP contribution in [-0.4, -0.2) is 32.7 Å². The van der Waals surface area contributed by atoms with Crippen LogP contribution in [0.1, 0.15) is 36.4 Å². The van der Waals surface area contributed by atoms with Crippen molar-refractivity contribution in [2.75, 3.05) is 0 Å². The quantitative estimate of drug-likeness (QED) is 0.308. The maximum Gasteiger partial charge on any atom is 0.303 e. The molecule has 1 amide bonds. The molecule has 3 heterocycles. The second-order valence-electron chi connectivity index (χ2n) is 8.32. The fourth-order valence-corrected chi connectivity index (χ4v) is 5.41. The first-order valence-corrected chi connectivity index (χ1v) is 12.7. The van der Waals surface area contributed by atoms with Gasteiger partial charge in [0.15, 0.2) is 0 Å². The van der Waals surface area contributed by atoms with Gasteiger partial charge >= 0.3 is 5.97 Å². The first kappa shape index (κ1) is 24.2. The number of carbonyl (C=O) groups excluding carboxylic acids is 1. The summed E-state index contributed by atoms with van der Waals surface area (Å²) in [6.07, 6.45) is -0.245. The third-order valence-electron chi connectivity index (χ3n) is 6.03. The molecule has 0 radical (unpaired) electrons. The number of nitrogens with zero attached hydrogens (tertiary/aromatic N) is 2. The molecule has 0 aliphatic carbocycles. The highest BCUT2D eigenvalue weighted by Crippen LogP contribution is 2.38. The SMILES string of the molecule is O=C(O)CCC(=O)N1N=C(c2c(-c3ccc(Cl)cc3)c3ccsc3[nH]c2=O)C[C@@H]1c1ccc(Cl)cc1. The highest BCUT2D eigenvalue weighted by Gasteiger charge is 2.35. The molecule has 36 heavy (non-hydrogen) atoms. The van der Waals surface area contributed by atoms with Crippen molar-refractivity contribution in [2.24, 2.45) is 5.10 Å². The number of halogens is 2. The van der Waals surface area contributed by atoms with Gasteiger partial charge in [0.25, 0.3) is 5.56 Å². The Labute approximate surface area is 219 Å². The average molecular weight is 540 g/mol. The maximum atomic E-state index is 13.4. The minimum absolute atomic E-state index is 0.208. The first-order chi connectivity index (χ1) is 17.3. The lowest BCUT2D eigenvalue weighted by Crippen LogP contribution is -2.27. The number of fused-ring (bicyclic) bond motifs is 1. The summed E-state index contributed by atoms with van der Waals surface area (Å²) < 4.78 is 0. The summed E-state index contributed by atoms with van der Waals surface area (Å²) in [6.45, 7) is 0. The second kappa shape index (κ2) is 9.89. The molecular weight excluding hydrogens is 521 g/mol. The minimum Gasteiger partial charge on any atom is -0.481 e. The topological polar surface area (TPSA) is 103 Å². The monoisotopic (exact) mass is 539 g/mol. The Bertz CT molecular complexity index is 1560. The largest absolute Gasteiger partial charge is 0.481 e. The smallest absolute Gasteiger partial charge is 0.303 e. The van der Waals surface area contributed by atoms with E-state index in [0.717, 1.165) is 21.3 Å². The van der Waals surface area contributed by atoms with Crippen LogP contribution < -0.4 is 5.56 Å². The summed E-state index contributed by atoms with van der Waals surface area (Å²) >= 11 is 13.6. The Morgan fingerprint density at radius 1 is 1.00 bits per heavy atom. The van der Waals surface area contributed by atoms with Gasteiger partial charge in [-0.05, 0) is 46.8 Å². The van der Waals surface area contributed by atoms with Gasteiger partial charge in [0, 0.05) is 33.8 Å². The van der Waals surface area contributed by atoms with E-state index in [0.29, 0.717) is 26.9 Å². The van der Waals surface area contributed by atoms with E-state index in [4.69, 9.17) is 28.3 Å². The summed E-state index contributed by atoms with van der Waals surface area (Å²) in [4.78, 5) is 41.2. The molecule has 1 atom stereocenters. The molecule has 2 aromatic heterocycles. The number of carboxylic acid groups (broad SMARTS) is 1. The number of hydrogen-bond donors (Lipinski definition) is 2. The lowest BCUT2D eigenvalue weighted by molar-refractivity contribution is -0.141. The molecule has 0 saturated carbocycles. The van der Waals surface area contributed by atoms with Gasteiger partial charge < -0.3 is 10.1 Å². The molecule has 1 aliphatic heterocycles. The summed E-state index contributed by atoms with van der Waals surface area (Å²) in [7, 11) is 0. The minimum atomic E-state index is -1.07. The van der Waals surface area contributed by atoms with Gasteiger partial charge in [0.05, 0.1) is 23.7 Å². The summed E-state index contributed by atoms with van der Waals surface area (Å²) in [5.41, 5.74) is 2.78. The van der Waals surface area contributed by atoms with Crippen molar-refractivity contribution < 1.29 is 14.7 Å². The normalized spacial score (nSPS) is 15.3. The van der Waals surface area contributed by atoms with Crippen molar-refractivity contribution in [1.29, 1.82) is 0 Å². The third-order valence-corrected chi connectivity index (χ3v) is 7.37. The highest BCUT2D eigenvalue weighted by atomic mass is 35.5. The fraction of sp³-hybridized carbons (Fsp3) is 0.154. The number of H-pyrrole nitrogens is 1. The number of carbonyl (C=O) groups is 2. The van der Waals surface area contributed by atoms with Crippen molar-refractivity contribution >= 4 is 62.3 Å². The molecule has 4 aromatic rings. The number of thiophene rings is 1. The lowest BCUT2D eigenvalue weighted by atomic mass is 9.92. The van der Waals surface area contributed by atoms with Crippen molar-refractivity contribution in [3.8, 4) is 11.1 Å². The van der Waals surface area contributed by atoms with E-state index >= 15 is 0 Å². The molecule has 0 fully saturated rings. The van der Waals surface area contributed by atoms with Crippen LogP contribution in [0.3, 0.4) is 0 Å². The molecule has 182 valence electrons. The number of aromatic nitrogens is 1. The van der Waals surface area contributed by atoms with Crippen molar-refractivity contribution in [2.45, 2.75) is 25.3 Å². The summed E-state index contributed by atoms with van der Waals surface area (Å²) in [5, 5.41) is 18.9. The zero-order valence-corrected chi connectivity index (χ0v) is 21.0. The van der Waals surface area contributed by atoms with Gasteiger partial charge in [-0.25, -0.2) is 5.01 Å². The standard InChI is InChI=1S/C26H19Cl2N3O4S/c27-16-5-1-14(2-6-16)20-13-19(30-31(20)21(32)9-10-22(33)34)24-23(15-3-7-17(28)8-4-15)18-11-12-36-26(18)29-25(24)35/h1-8,11-12,20H,9-10,13H2,(H,29,35)(H,33,34)/t20-/m1/s1. The zero-order valence-electron chi connectivity index (χ0n) is 18.7. The van der Waals surface area contributed by atoms with E-state index in [1.54, 1.807) is 36.4 Å². The van der Waals surface area contributed by atoms with Crippen LogP contribution in [0.15, 0.2) is 69.9 Å². The Morgan fingerprint density at radius 2 is 1.67 bits per heavy atom. The fourth-order valence-electron chi connectivity index (χ4n) is 4.37. The average Bonchev–Trinajstić information content (AvgIpc) is 3.50. The number of aromatic amines is 1. The molecule has 0 saturated heterocycles. The van der Waals surface area contributed by atoms with E-state index in [1.165, 1.54) is 16.3 Å². The molecule has 7 nitrogen and oxygen atoms in total. The van der Waals surface area contributed by atoms with Crippen molar-refractivity contribution in [3.63, 3.8) is 0 Å². The highest BCUT2D eigenvalue weighted by molar-refractivity contribution is 7.16. The third kappa shape index (κ3) is 4.67. The number of amides is 1. The lowest BCUT2D eigenvalue weighted by Gasteiger charge is -2.22. The number of rotatable bonds is 6. The van der Waals surface area contributed by atoms with E-state index in [-0.39, 0.29) is 24.8 Å². The summed E-state index contributed by atoms with van der Waals surface area (Å²) in [5.74, 6) is -1.51. The van der Waals surface area contributed by atoms with Crippen LogP contribution in [0.2, 0.25) is 10.0 Å². The van der Waals surface area contributed by atoms with Gasteiger partial charge in [0.1, 0.15) is 4.83 Å². The van der Waals surface area contributed by atoms with E-state index in [2.05, 4.69) is 10.1 Å². The molecular formula is C26H19Cl2N3O4S.